The Hall–Kier alpha value is -2.10. The number of aromatic nitrogens is 1. The van der Waals surface area contributed by atoms with Gasteiger partial charge in [0.2, 0.25) is 0 Å². The van der Waals surface area contributed by atoms with Crippen molar-refractivity contribution in [2.45, 2.75) is 25.4 Å². The number of benzene rings is 1. The summed E-state index contributed by atoms with van der Waals surface area (Å²) in [5.41, 5.74) is 7.64. The molecule has 3 rings (SSSR count). The van der Waals surface area contributed by atoms with Crippen molar-refractivity contribution >= 4 is 11.5 Å². The van der Waals surface area contributed by atoms with Gasteiger partial charge < -0.3 is 10.6 Å². The van der Waals surface area contributed by atoms with E-state index >= 15 is 0 Å². The number of hydrogen-bond acceptors (Lipinski definition) is 3. The number of nitrogens with two attached hydrogens (primary N) is 1. The first-order chi connectivity index (χ1) is 9.22. The van der Waals surface area contributed by atoms with E-state index in [9.17, 15) is 4.39 Å². The smallest absolute Gasteiger partial charge is 0.141 e. The van der Waals surface area contributed by atoms with Crippen LogP contribution >= 0.6 is 0 Å². The Morgan fingerprint density at radius 3 is 2.47 bits per heavy atom. The van der Waals surface area contributed by atoms with Gasteiger partial charge in [0, 0.05) is 18.3 Å². The number of nitrogens with zero attached hydrogens (tertiary/aromatic N) is 2. The highest BCUT2D eigenvalue weighted by Gasteiger charge is 2.29. The molecule has 1 fully saturated rings. The summed E-state index contributed by atoms with van der Waals surface area (Å²) in [6, 6.07) is 11.6. The van der Waals surface area contributed by atoms with E-state index in [0.717, 1.165) is 18.1 Å². The molecule has 1 saturated carbocycles. The van der Waals surface area contributed by atoms with Gasteiger partial charge in [0.05, 0.1) is 6.20 Å². The zero-order valence-corrected chi connectivity index (χ0v) is 10.6. The van der Waals surface area contributed by atoms with Crippen LogP contribution < -0.4 is 10.6 Å². The van der Waals surface area contributed by atoms with E-state index in [1.54, 1.807) is 6.07 Å². The second kappa shape index (κ2) is 4.88. The molecule has 1 aliphatic rings. The van der Waals surface area contributed by atoms with E-state index in [4.69, 9.17) is 5.73 Å². The van der Waals surface area contributed by atoms with Crippen molar-refractivity contribution in [3.8, 4) is 0 Å². The summed E-state index contributed by atoms with van der Waals surface area (Å²) in [7, 11) is 0. The zero-order chi connectivity index (χ0) is 13.2. The molecule has 3 nitrogen and oxygen atoms in total. The zero-order valence-electron chi connectivity index (χ0n) is 10.6. The van der Waals surface area contributed by atoms with Gasteiger partial charge >= 0.3 is 0 Å². The van der Waals surface area contributed by atoms with Crippen LogP contribution in [0.3, 0.4) is 0 Å². The highest BCUT2D eigenvalue weighted by Crippen LogP contribution is 2.32. The van der Waals surface area contributed by atoms with Crippen LogP contribution in [0.25, 0.3) is 0 Å². The summed E-state index contributed by atoms with van der Waals surface area (Å²) in [5.74, 6) is 0.535. The Kier molecular flexibility index (Phi) is 3.07. The van der Waals surface area contributed by atoms with Crippen LogP contribution in [-0.4, -0.2) is 11.0 Å². The molecule has 0 amide bonds. The number of anilines is 2. The van der Waals surface area contributed by atoms with E-state index in [1.165, 1.54) is 30.7 Å². The minimum Gasteiger partial charge on any atom is -0.399 e. The summed E-state index contributed by atoms with van der Waals surface area (Å²) in [4.78, 5) is 6.41. The van der Waals surface area contributed by atoms with Crippen molar-refractivity contribution in [1.29, 1.82) is 0 Å². The first-order valence-corrected chi connectivity index (χ1v) is 6.45. The third-order valence-corrected chi connectivity index (χ3v) is 3.33. The van der Waals surface area contributed by atoms with Crippen molar-refractivity contribution in [3.63, 3.8) is 0 Å². The number of rotatable bonds is 4. The molecule has 19 heavy (non-hydrogen) atoms. The van der Waals surface area contributed by atoms with E-state index in [-0.39, 0.29) is 5.82 Å². The monoisotopic (exact) mass is 257 g/mol. The molecule has 0 saturated heterocycles. The minimum absolute atomic E-state index is 0.299. The number of pyridine rings is 1. The average molecular weight is 257 g/mol. The summed E-state index contributed by atoms with van der Waals surface area (Å²) in [6.45, 7) is 0.781. The fourth-order valence-corrected chi connectivity index (χ4v) is 2.14. The third kappa shape index (κ3) is 2.84. The molecule has 0 aliphatic heterocycles. The van der Waals surface area contributed by atoms with E-state index in [1.807, 2.05) is 24.3 Å². The summed E-state index contributed by atoms with van der Waals surface area (Å²) >= 11 is 0. The Labute approximate surface area is 111 Å². The lowest BCUT2D eigenvalue weighted by atomic mass is 10.2. The van der Waals surface area contributed by atoms with Crippen LogP contribution in [0.1, 0.15) is 18.4 Å². The van der Waals surface area contributed by atoms with E-state index in [2.05, 4.69) is 9.88 Å². The summed E-state index contributed by atoms with van der Waals surface area (Å²) in [6.07, 6.45) is 3.62. The molecule has 1 aliphatic carbocycles. The quantitative estimate of drug-likeness (QED) is 0.856. The largest absolute Gasteiger partial charge is 0.399 e. The van der Waals surface area contributed by atoms with Gasteiger partial charge in [0.25, 0.3) is 0 Å². The SMILES string of the molecule is Nc1ccc(CN(c2ccc(F)cn2)C2CC2)cc1. The van der Waals surface area contributed by atoms with Crippen LogP contribution in [-0.2, 0) is 6.54 Å². The highest BCUT2D eigenvalue weighted by molar-refractivity contribution is 5.44. The van der Waals surface area contributed by atoms with Crippen molar-refractivity contribution in [2.75, 3.05) is 10.6 Å². The molecule has 0 atom stereocenters. The normalized spacial score (nSPS) is 14.4. The molecule has 1 aromatic heterocycles. The van der Waals surface area contributed by atoms with Gasteiger partial charge in [-0.1, -0.05) is 12.1 Å². The van der Waals surface area contributed by atoms with Crippen LogP contribution in [0, 0.1) is 5.82 Å². The Bertz CT molecular complexity index is 547. The van der Waals surface area contributed by atoms with Gasteiger partial charge in [-0.25, -0.2) is 9.37 Å². The molecule has 0 bridgehead atoms. The Morgan fingerprint density at radius 2 is 1.89 bits per heavy atom. The van der Waals surface area contributed by atoms with Crippen molar-refractivity contribution in [3.05, 3.63) is 54.0 Å². The molecular formula is C15H16FN3. The minimum atomic E-state index is -0.299. The van der Waals surface area contributed by atoms with Crippen LogP contribution in [0.2, 0.25) is 0 Å². The van der Waals surface area contributed by atoms with Gasteiger partial charge in [-0.2, -0.15) is 0 Å². The van der Waals surface area contributed by atoms with Crippen LogP contribution in [0.5, 0.6) is 0 Å². The molecular weight excluding hydrogens is 241 g/mol. The van der Waals surface area contributed by atoms with Crippen LogP contribution in [0.4, 0.5) is 15.9 Å². The summed E-state index contributed by atoms with van der Waals surface area (Å²) in [5, 5.41) is 0. The van der Waals surface area contributed by atoms with E-state index < -0.39 is 0 Å². The number of halogens is 1. The molecule has 2 N–H and O–H groups in total. The fraction of sp³-hybridized carbons (Fsp3) is 0.267. The van der Waals surface area contributed by atoms with Gasteiger partial charge in [-0.05, 0) is 42.7 Å². The maximum Gasteiger partial charge on any atom is 0.141 e. The first kappa shape index (κ1) is 12.0. The highest BCUT2D eigenvalue weighted by atomic mass is 19.1. The second-order valence-corrected chi connectivity index (χ2v) is 4.94. The van der Waals surface area contributed by atoms with Gasteiger partial charge in [-0.3, -0.25) is 0 Å². The average Bonchev–Trinajstić information content (AvgIpc) is 3.24. The molecule has 1 aromatic carbocycles. The van der Waals surface area contributed by atoms with Gasteiger partial charge in [0.1, 0.15) is 11.6 Å². The lowest BCUT2D eigenvalue weighted by molar-refractivity contribution is 0.619. The molecule has 4 heteroatoms. The molecule has 0 radical (unpaired) electrons. The lowest BCUT2D eigenvalue weighted by Gasteiger charge is -2.23. The maximum atomic E-state index is 12.9. The molecule has 2 aromatic rings. The number of nitrogen functional groups attached to an aromatic ring is 1. The first-order valence-electron chi connectivity index (χ1n) is 6.45. The second-order valence-electron chi connectivity index (χ2n) is 4.94. The molecule has 98 valence electrons. The Morgan fingerprint density at radius 1 is 1.16 bits per heavy atom. The predicted octanol–water partition coefficient (Wildman–Crippen LogP) is 2.97. The summed E-state index contributed by atoms with van der Waals surface area (Å²) < 4.78 is 12.9. The Balaban J connectivity index is 1.81. The third-order valence-electron chi connectivity index (χ3n) is 3.33. The lowest BCUT2D eigenvalue weighted by Crippen LogP contribution is -2.25. The molecule has 0 spiro atoms. The topological polar surface area (TPSA) is 42.1 Å². The van der Waals surface area contributed by atoms with Crippen molar-refractivity contribution in [1.82, 2.24) is 4.98 Å². The fourth-order valence-electron chi connectivity index (χ4n) is 2.14. The van der Waals surface area contributed by atoms with Crippen LogP contribution in [0.15, 0.2) is 42.6 Å². The maximum absolute atomic E-state index is 12.9. The van der Waals surface area contributed by atoms with Crippen molar-refractivity contribution < 1.29 is 4.39 Å². The predicted molar refractivity (Wildman–Crippen MR) is 74.3 cm³/mol. The molecule has 1 heterocycles. The van der Waals surface area contributed by atoms with E-state index in [0.29, 0.717) is 6.04 Å². The number of hydrogen-bond donors (Lipinski definition) is 1. The van der Waals surface area contributed by atoms with Gasteiger partial charge in [-0.15, -0.1) is 0 Å². The van der Waals surface area contributed by atoms with Crippen molar-refractivity contribution in [2.24, 2.45) is 0 Å². The van der Waals surface area contributed by atoms with Gasteiger partial charge in [0.15, 0.2) is 0 Å². The standard InChI is InChI=1S/C15H16FN3/c16-12-3-8-15(18-9-12)19(14-6-7-14)10-11-1-4-13(17)5-2-11/h1-5,8-9,14H,6-7,10,17H2. The molecule has 0 unspecified atom stereocenters.